The van der Waals surface area contributed by atoms with Gasteiger partial charge in [0.25, 0.3) is 5.69 Å². The van der Waals surface area contributed by atoms with Crippen molar-refractivity contribution in [2.24, 2.45) is 0 Å². The molecule has 106 valence electrons. The van der Waals surface area contributed by atoms with Gasteiger partial charge in [-0.05, 0) is 0 Å². The first-order valence-corrected chi connectivity index (χ1v) is 5.81. The van der Waals surface area contributed by atoms with E-state index in [-0.39, 0.29) is 5.69 Å². The zero-order chi connectivity index (χ0) is 14.1. The second-order valence-electron chi connectivity index (χ2n) is 3.71. The van der Waals surface area contributed by atoms with E-state index in [9.17, 15) is 10.1 Å². The van der Waals surface area contributed by atoms with Gasteiger partial charge in [0.05, 0.1) is 37.9 Å². The van der Waals surface area contributed by atoms with Crippen molar-refractivity contribution in [1.29, 1.82) is 0 Å². The van der Waals surface area contributed by atoms with Gasteiger partial charge in [0.1, 0.15) is 5.75 Å². The fraction of sp³-hybridized carbons (Fsp3) is 0.500. The van der Waals surface area contributed by atoms with Gasteiger partial charge >= 0.3 is 0 Å². The Kier molecular flexibility index (Phi) is 6.62. The molecular weight excluding hydrogens is 252 g/mol. The molecule has 0 radical (unpaired) electrons. The number of hydrogen-bond donors (Lipinski definition) is 1. The van der Waals surface area contributed by atoms with Crippen molar-refractivity contribution in [3.63, 3.8) is 0 Å². The number of nitro benzene ring substituents is 1. The van der Waals surface area contributed by atoms with E-state index in [4.69, 9.17) is 14.2 Å². The standard InChI is InChI=1S/C12H18N2O5/c1-17-5-6-19-4-3-13-10-7-11(14(15)16)9-12(8-10)18-2/h7-9,13H,3-6H2,1-2H3. The highest BCUT2D eigenvalue weighted by molar-refractivity contribution is 5.56. The number of rotatable bonds is 9. The highest BCUT2D eigenvalue weighted by atomic mass is 16.6. The third kappa shape index (κ3) is 5.54. The van der Waals surface area contributed by atoms with Gasteiger partial charge in [-0.25, -0.2) is 0 Å². The molecule has 1 rings (SSSR count). The van der Waals surface area contributed by atoms with E-state index in [0.717, 1.165) is 0 Å². The molecule has 0 spiro atoms. The molecule has 0 fully saturated rings. The number of methoxy groups -OCH3 is 2. The molecule has 7 nitrogen and oxygen atoms in total. The van der Waals surface area contributed by atoms with Gasteiger partial charge in [0.15, 0.2) is 0 Å². The first-order valence-electron chi connectivity index (χ1n) is 5.81. The van der Waals surface area contributed by atoms with Crippen molar-refractivity contribution in [3.8, 4) is 5.75 Å². The summed E-state index contributed by atoms with van der Waals surface area (Å²) < 4.78 is 15.1. The topological polar surface area (TPSA) is 82.9 Å². The summed E-state index contributed by atoms with van der Waals surface area (Å²) >= 11 is 0. The van der Waals surface area contributed by atoms with Gasteiger partial charge in [-0.1, -0.05) is 0 Å². The number of ether oxygens (including phenoxy) is 3. The fourth-order valence-corrected chi connectivity index (χ4v) is 1.42. The fourth-order valence-electron chi connectivity index (χ4n) is 1.42. The Morgan fingerprint density at radius 3 is 2.63 bits per heavy atom. The van der Waals surface area contributed by atoms with Crippen molar-refractivity contribution < 1.29 is 19.1 Å². The second-order valence-corrected chi connectivity index (χ2v) is 3.71. The lowest BCUT2D eigenvalue weighted by atomic mass is 10.2. The summed E-state index contributed by atoms with van der Waals surface area (Å²) in [6.07, 6.45) is 0. The summed E-state index contributed by atoms with van der Waals surface area (Å²) in [5.74, 6) is 0.442. The molecule has 19 heavy (non-hydrogen) atoms. The van der Waals surface area contributed by atoms with Crippen LogP contribution in [0.3, 0.4) is 0 Å². The molecule has 0 atom stereocenters. The van der Waals surface area contributed by atoms with Crippen molar-refractivity contribution >= 4 is 11.4 Å². The lowest BCUT2D eigenvalue weighted by molar-refractivity contribution is -0.384. The Hall–Kier alpha value is -1.86. The molecule has 1 aromatic carbocycles. The zero-order valence-electron chi connectivity index (χ0n) is 11.0. The molecule has 0 saturated carbocycles. The molecular formula is C12H18N2O5. The summed E-state index contributed by atoms with van der Waals surface area (Å²) in [4.78, 5) is 10.3. The predicted octanol–water partition coefficient (Wildman–Crippen LogP) is 1.68. The Bertz CT molecular complexity index is 411. The average Bonchev–Trinajstić information content (AvgIpc) is 2.42. The zero-order valence-corrected chi connectivity index (χ0v) is 11.0. The Morgan fingerprint density at radius 1 is 1.21 bits per heavy atom. The van der Waals surface area contributed by atoms with Crippen molar-refractivity contribution in [2.75, 3.05) is 45.9 Å². The van der Waals surface area contributed by atoms with E-state index in [1.54, 1.807) is 13.2 Å². The highest BCUT2D eigenvalue weighted by Crippen LogP contribution is 2.25. The van der Waals surface area contributed by atoms with Crippen LogP contribution in [0.5, 0.6) is 5.75 Å². The third-order valence-electron chi connectivity index (χ3n) is 2.35. The van der Waals surface area contributed by atoms with Gasteiger partial charge in [0, 0.05) is 31.5 Å². The first kappa shape index (κ1) is 15.2. The van der Waals surface area contributed by atoms with Crippen LogP contribution in [-0.2, 0) is 9.47 Å². The van der Waals surface area contributed by atoms with Crippen LogP contribution in [0.15, 0.2) is 18.2 Å². The van der Waals surface area contributed by atoms with Crippen LogP contribution < -0.4 is 10.1 Å². The van der Waals surface area contributed by atoms with E-state index >= 15 is 0 Å². The maximum atomic E-state index is 10.8. The summed E-state index contributed by atoms with van der Waals surface area (Å²) in [5.41, 5.74) is 0.614. The van der Waals surface area contributed by atoms with E-state index in [1.165, 1.54) is 19.2 Å². The molecule has 0 bridgehead atoms. The van der Waals surface area contributed by atoms with Crippen LogP contribution in [0.4, 0.5) is 11.4 Å². The van der Waals surface area contributed by atoms with Crippen LogP contribution >= 0.6 is 0 Å². The number of non-ortho nitro benzene ring substituents is 1. The molecule has 0 heterocycles. The quantitative estimate of drug-likeness (QED) is 0.417. The minimum atomic E-state index is -0.456. The maximum Gasteiger partial charge on any atom is 0.275 e. The largest absolute Gasteiger partial charge is 0.496 e. The summed E-state index contributed by atoms with van der Waals surface area (Å²) in [7, 11) is 3.08. The molecule has 1 N–H and O–H groups in total. The number of nitrogens with zero attached hydrogens (tertiary/aromatic N) is 1. The molecule has 0 amide bonds. The predicted molar refractivity (Wildman–Crippen MR) is 70.8 cm³/mol. The monoisotopic (exact) mass is 270 g/mol. The van der Waals surface area contributed by atoms with Gasteiger partial charge in [-0.15, -0.1) is 0 Å². The molecule has 0 aliphatic rings. The first-order chi connectivity index (χ1) is 9.17. The molecule has 0 unspecified atom stereocenters. The van der Waals surface area contributed by atoms with Crippen molar-refractivity contribution in [3.05, 3.63) is 28.3 Å². The van der Waals surface area contributed by atoms with Crippen molar-refractivity contribution in [1.82, 2.24) is 0 Å². The lowest BCUT2D eigenvalue weighted by Gasteiger charge is -2.08. The summed E-state index contributed by atoms with van der Waals surface area (Å²) in [5, 5.41) is 13.8. The number of nitro groups is 1. The minimum absolute atomic E-state index is 0.0119. The minimum Gasteiger partial charge on any atom is -0.496 e. The average molecular weight is 270 g/mol. The number of anilines is 1. The van der Waals surface area contributed by atoms with E-state index in [2.05, 4.69) is 5.32 Å². The molecule has 7 heteroatoms. The third-order valence-corrected chi connectivity index (χ3v) is 2.35. The number of hydrogen-bond acceptors (Lipinski definition) is 6. The highest BCUT2D eigenvalue weighted by Gasteiger charge is 2.09. The normalized spacial score (nSPS) is 10.2. The van der Waals surface area contributed by atoms with Crippen LogP contribution in [0.1, 0.15) is 0 Å². The van der Waals surface area contributed by atoms with Crippen LogP contribution in [0, 0.1) is 10.1 Å². The Morgan fingerprint density at radius 2 is 2.00 bits per heavy atom. The van der Waals surface area contributed by atoms with E-state index in [0.29, 0.717) is 37.8 Å². The maximum absolute atomic E-state index is 10.8. The Balaban J connectivity index is 2.48. The van der Waals surface area contributed by atoms with E-state index in [1.807, 2.05) is 0 Å². The van der Waals surface area contributed by atoms with Gasteiger partial charge in [-0.2, -0.15) is 0 Å². The molecule has 0 aliphatic heterocycles. The molecule has 1 aromatic rings. The van der Waals surface area contributed by atoms with Gasteiger partial charge in [-0.3, -0.25) is 10.1 Å². The molecule has 0 aromatic heterocycles. The van der Waals surface area contributed by atoms with Crippen LogP contribution in [0.2, 0.25) is 0 Å². The van der Waals surface area contributed by atoms with E-state index < -0.39 is 4.92 Å². The van der Waals surface area contributed by atoms with Crippen LogP contribution in [0.25, 0.3) is 0 Å². The number of benzene rings is 1. The van der Waals surface area contributed by atoms with Crippen molar-refractivity contribution in [2.45, 2.75) is 0 Å². The number of nitrogens with one attached hydrogen (secondary N) is 1. The SMILES string of the molecule is COCCOCCNc1cc(OC)cc([N+](=O)[O-])c1. The van der Waals surface area contributed by atoms with Gasteiger partial charge < -0.3 is 19.5 Å². The molecule has 0 aliphatic carbocycles. The summed E-state index contributed by atoms with van der Waals surface area (Å²) in [6.45, 7) is 2.11. The second kappa shape index (κ2) is 8.28. The lowest BCUT2D eigenvalue weighted by Crippen LogP contribution is -2.12. The smallest absolute Gasteiger partial charge is 0.275 e. The van der Waals surface area contributed by atoms with Crippen LogP contribution in [-0.4, -0.2) is 45.5 Å². The molecule has 0 saturated heterocycles. The Labute approximate surface area is 111 Å². The van der Waals surface area contributed by atoms with Gasteiger partial charge in [0.2, 0.25) is 0 Å². The summed E-state index contributed by atoms with van der Waals surface area (Å²) in [6, 6.07) is 4.53.